The van der Waals surface area contributed by atoms with Crippen LogP contribution in [0.3, 0.4) is 0 Å². The van der Waals surface area contributed by atoms with E-state index in [1.165, 1.54) is 0 Å². The van der Waals surface area contributed by atoms with Crippen LogP contribution < -0.4 is 5.32 Å². The summed E-state index contributed by atoms with van der Waals surface area (Å²) in [6.45, 7) is 6.36. The predicted molar refractivity (Wildman–Crippen MR) is 54.7 cm³/mol. The molecule has 2 atom stereocenters. The Kier molecular flexibility index (Phi) is 3.91. The third-order valence-electron chi connectivity index (χ3n) is 3.11. The van der Waals surface area contributed by atoms with Crippen LogP contribution in [-0.4, -0.2) is 17.9 Å². The van der Waals surface area contributed by atoms with Crippen LogP contribution in [0.25, 0.3) is 0 Å². The number of Topliss-reactive ketones (excluding diaryl/α,β-unsaturated/α-hetero) is 1. The number of rotatable bonds is 4. The second-order valence-corrected chi connectivity index (χ2v) is 4.11. The lowest BCUT2D eigenvalue weighted by Gasteiger charge is -2.17. The predicted octanol–water partition coefficient (Wildman–Crippen LogP) is 2.13. The Morgan fingerprint density at radius 2 is 2.00 bits per heavy atom. The first kappa shape index (κ1) is 10.7. The molecule has 1 saturated heterocycles. The zero-order valence-electron chi connectivity index (χ0n) is 8.97. The van der Waals surface area contributed by atoms with Gasteiger partial charge < -0.3 is 5.32 Å². The average Bonchev–Trinajstić information content (AvgIpc) is 2.54. The SMILES string of the molecule is CCC(CC)C(=O)C1CCC(C)N1. The van der Waals surface area contributed by atoms with Crippen LogP contribution in [0.15, 0.2) is 0 Å². The first-order valence-corrected chi connectivity index (χ1v) is 5.48. The highest BCUT2D eigenvalue weighted by molar-refractivity contribution is 5.86. The van der Waals surface area contributed by atoms with Crippen molar-refractivity contribution in [3.8, 4) is 0 Å². The largest absolute Gasteiger partial charge is 0.305 e. The van der Waals surface area contributed by atoms with Gasteiger partial charge in [0.1, 0.15) is 0 Å². The highest BCUT2D eigenvalue weighted by Gasteiger charge is 2.29. The zero-order chi connectivity index (χ0) is 9.84. The highest BCUT2D eigenvalue weighted by Crippen LogP contribution is 2.19. The molecule has 0 amide bonds. The van der Waals surface area contributed by atoms with Crippen molar-refractivity contribution in [2.75, 3.05) is 0 Å². The summed E-state index contributed by atoms with van der Waals surface area (Å²) in [6.07, 6.45) is 4.16. The Hall–Kier alpha value is -0.370. The summed E-state index contributed by atoms with van der Waals surface area (Å²) < 4.78 is 0. The van der Waals surface area contributed by atoms with Gasteiger partial charge in [0.25, 0.3) is 0 Å². The lowest BCUT2D eigenvalue weighted by Crippen LogP contribution is -2.37. The fourth-order valence-corrected chi connectivity index (χ4v) is 2.13. The highest BCUT2D eigenvalue weighted by atomic mass is 16.1. The molecule has 13 heavy (non-hydrogen) atoms. The lowest BCUT2D eigenvalue weighted by molar-refractivity contribution is -0.124. The fourth-order valence-electron chi connectivity index (χ4n) is 2.13. The summed E-state index contributed by atoms with van der Waals surface area (Å²) in [5, 5.41) is 3.35. The minimum atomic E-state index is 0.153. The molecule has 2 nitrogen and oxygen atoms in total. The topological polar surface area (TPSA) is 29.1 Å². The molecule has 0 bridgehead atoms. The number of hydrogen-bond acceptors (Lipinski definition) is 2. The van der Waals surface area contributed by atoms with E-state index in [4.69, 9.17) is 0 Å². The zero-order valence-corrected chi connectivity index (χ0v) is 8.97. The van der Waals surface area contributed by atoms with Gasteiger partial charge in [-0.3, -0.25) is 4.79 Å². The van der Waals surface area contributed by atoms with Crippen molar-refractivity contribution in [1.29, 1.82) is 0 Å². The quantitative estimate of drug-likeness (QED) is 0.723. The number of hydrogen-bond donors (Lipinski definition) is 1. The molecule has 2 heteroatoms. The normalized spacial score (nSPS) is 28.3. The molecule has 0 aliphatic carbocycles. The van der Waals surface area contributed by atoms with Crippen molar-refractivity contribution in [3.05, 3.63) is 0 Å². The van der Waals surface area contributed by atoms with Crippen LogP contribution in [0, 0.1) is 5.92 Å². The maximum Gasteiger partial charge on any atom is 0.152 e. The Bertz CT molecular complexity index is 175. The van der Waals surface area contributed by atoms with E-state index in [1.807, 2.05) is 0 Å². The van der Waals surface area contributed by atoms with Gasteiger partial charge in [-0.05, 0) is 32.6 Å². The third-order valence-corrected chi connectivity index (χ3v) is 3.11. The first-order valence-electron chi connectivity index (χ1n) is 5.48. The summed E-state index contributed by atoms with van der Waals surface area (Å²) in [7, 11) is 0. The van der Waals surface area contributed by atoms with Gasteiger partial charge in [-0.15, -0.1) is 0 Å². The van der Waals surface area contributed by atoms with Crippen molar-refractivity contribution in [1.82, 2.24) is 5.32 Å². The Morgan fingerprint density at radius 1 is 1.38 bits per heavy atom. The van der Waals surface area contributed by atoms with Crippen molar-refractivity contribution < 1.29 is 4.79 Å². The van der Waals surface area contributed by atoms with Gasteiger partial charge in [-0.25, -0.2) is 0 Å². The van der Waals surface area contributed by atoms with Crippen LogP contribution in [0.5, 0.6) is 0 Å². The van der Waals surface area contributed by atoms with E-state index in [0.29, 0.717) is 11.8 Å². The van der Waals surface area contributed by atoms with E-state index in [1.54, 1.807) is 0 Å². The van der Waals surface area contributed by atoms with Crippen LogP contribution in [0.2, 0.25) is 0 Å². The van der Waals surface area contributed by atoms with E-state index in [-0.39, 0.29) is 12.0 Å². The Balaban J connectivity index is 2.47. The molecule has 0 aromatic heterocycles. The van der Waals surface area contributed by atoms with Crippen molar-refractivity contribution in [2.45, 2.75) is 58.5 Å². The standard InChI is InChI=1S/C11H21NO/c1-4-9(5-2)11(13)10-7-6-8(3)12-10/h8-10,12H,4-7H2,1-3H3. The molecule has 1 aliphatic heterocycles. The molecule has 1 aliphatic rings. The van der Waals surface area contributed by atoms with Crippen LogP contribution in [0.4, 0.5) is 0 Å². The summed E-state index contributed by atoms with van der Waals surface area (Å²) in [4.78, 5) is 11.9. The summed E-state index contributed by atoms with van der Waals surface area (Å²) in [5.41, 5.74) is 0. The summed E-state index contributed by atoms with van der Waals surface area (Å²) in [6, 6.07) is 0.684. The average molecular weight is 183 g/mol. The molecule has 1 fully saturated rings. The van der Waals surface area contributed by atoms with E-state index in [2.05, 4.69) is 26.1 Å². The van der Waals surface area contributed by atoms with Gasteiger partial charge in [0, 0.05) is 12.0 Å². The molecular formula is C11H21NO. The molecule has 0 radical (unpaired) electrons. The van der Waals surface area contributed by atoms with E-state index in [9.17, 15) is 4.79 Å². The van der Waals surface area contributed by atoms with Crippen LogP contribution in [0.1, 0.15) is 46.5 Å². The van der Waals surface area contributed by atoms with Crippen molar-refractivity contribution in [3.63, 3.8) is 0 Å². The molecule has 2 unspecified atom stereocenters. The molecule has 1 N–H and O–H groups in total. The fraction of sp³-hybridized carbons (Fsp3) is 0.909. The molecule has 1 rings (SSSR count). The van der Waals surface area contributed by atoms with Gasteiger partial charge in [0.2, 0.25) is 0 Å². The number of ketones is 1. The number of carbonyl (C=O) groups is 1. The second-order valence-electron chi connectivity index (χ2n) is 4.11. The number of nitrogens with one attached hydrogen (secondary N) is 1. The molecule has 0 aromatic rings. The third kappa shape index (κ3) is 2.53. The van der Waals surface area contributed by atoms with Crippen LogP contribution >= 0.6 is 0 Å². The maximum absolute atomic E-state index is 11.9. The van der Waals surface area contributed by atoms with Crippen LogP contribution in [-0.2, 0) is 4.79 Å². The maximum atomic E-state index is 11.9. The molecule has 0 spiro atoms. The summed E-state index contributed by atoms with van der Waals surface area (Å²) >= 11 is 0. The molecule has 1 heterocycles. The second kappa shape index (κ2) is 4.75. The van der Waals surface area contributed by atoms with E-state index in [0.717, 1.165) is 25.7 Å². The minimum Gasteiger partial charge on any atom is -0.305 e. The number of carbonyl (C=O) groups excluding carboxylic acids is 1. The van der Waals surface area contributed by atoms with Crippen molar-refractivity contribution >= 4 is 5.78 Å². The van der Waals surface area contributed by atoms with Crippen molar-refractivity contribution in [2.24, 2.45) is 5.92 Å². The van der Waals surface area contributed by atoms with E-state index >= 15 is 0 Å². The summed E-state index contributed by atoms with van der Waals surface area (Å²) in [5.74, 6) is 0.720. The van der Waals surface area contributed by atoms with Gasteiger partial charge in [-0.1, -0.05) is 13.8 Å². The lowest BCUT2D eigenvalue weighted by atomic mass is 9.92. The molecule has 76 valence electrons. The van der Waals surface area contributed by atoms with E-state index < -0.39 is 0 Å². The smallest absolute Gasteiger partial charge is 0.152 e. The molecule has 0 aromatic carbocycles. The van der Waals surface area contributed by atoms with Gasteiger partial charge in [0.05, 0.1) is 6.04 Å². The Labute approximate surface area is 81.1 Å². The Morgan fingerprint density at radius 3 is 2.38 bits per heavy atom. The molecule has 0 saturated carbocycles. The monoisotopic (exact) mass is 183 g/mol. The molecular weight excluding hydrogens is 162 g/mol. The minimum absolute atomic E-state index is 0.153. The van der Waals surface area contributed by atoms with Gasteiger partial charge in [0.15, 0.2) is 5.78 Å². The first-order chi connectivity index (χ1) is 6.19. The van der Waals surface area contributed by atoms with Gasteiger partial charge in [-0.2, -0.15) is 0 Å². The van der Waals surface area contributed by atoms with Gasteiger partial charge >= 0.3 is 0 Å².